The first-order valence-electron chi connectivity index (χ1n) is 5.26. The van der Waals surface area contributed by atoms with E-state index in [4.69, 9.17) is 0 Å². The van der Waals surface area contributed by atoms with E-state index in [9.17, 15) is 0 Å². The van der Waals surface area contributed by atoms with Crippen molar-refractivity contribution in [2.45, 2.75) is 31.2 Å². The molecule has 2 atom stereocenters. The first kappa shape index (κ1) is 7.57. The van der Waals surface area contributed by atoms with Gasteiger partial charge >= 0.3 is 0 Å². The molecule has 1 heteroatoms. The van der Waals surface area contributed by atoms with E-state index in [1.165, 1.54) is 25.8 Å². The Hall–Kier alpha value is -0.820. The largest absolute Gasteiger partial charge is 0.313 e. The quantitative estimate of drug-likeness (QED) is 0.685. The van der Waals surface area contributed by atoms with Gasteiger partial charge in [-0.1, -0.05) is 24.3 Å². The summed E-state index contributed by atoms with van der Waals surface area (Å²) in [5.74, 6) is 0.810. The maximum atomic E-state index is 3.53. The van der Waals surface area contributed by atoms with Crippen LogP contribution in [0.2, 0.25) is 0 Å². The third-order valence-electron chi connectivity index (χ3n) is 3.53. The molecular weight excluding hydrogens is 158 g/mol. The number of aryl methyl sites for hydroxylation is 1. The van der Waals surface area contributed by atoms with Gasteiger partial charge < -0.3 is 5.32 Å². The summed E-state index contributed by atoms with van der Waals surface area (Å²) in [5.41, 5.74) is 3.20. The second kappa shape index (κ2) is 2.85. The number of rotatable bonds is 1. The molecule has 1 aliphatic carbocycles. The minimum atomic E-state index is 0.781. The Balaban J connectivity index is 1.93. The lowest BCUT2D eigenvalue weighted by Gasteiger charge is -2.33. The van der Waals surface area contributed by atoms with E-state index in [0.717, 1.165) is 12.0 Å². The number of benzene rings is 1. The predicted molar refractivity (Wildman–Crippen MR) is 53.9 cm³/mol. The Bertz CT molecular complexity index is 315. The lowest BCUT2D eigenvalue weighted by molar-refractivity contribution is 0.314. The van der Waals surface area contributed by atoms with Gasteiger partial charge in [-0.2, -0.15) is 0 Å². The number of hydrogen-bond acceptors (Lipinski definition) is 1. The van der Waals surface area contributed by atoms with Gasteiger partial charge in [0.2, 0.25) is 0 Å². The highest BCUT2D eigenvalue weighted by molar-refractivity contribution is 5.36. The normalized spacial score (nSPS) is 31.1. The molecule has 0 amide bonds. The van der Waals surface area contributed by atoms with Gasteiger partial charge in [0, 0.05) is 6.04 Å². The first-order chi connectivity index (χ1) is 6.45. The van der Waals surface area contributed by atoms with Crippen LogP contribution in [0, 0.1) is 0 Å². The van der Waals surface area contributed by atoms with E-state index in [2.05, 4.69) is 29.6 Å². The lowest BCUT2D eigenvalue weighted by Crippen LogP contribution is -2.46. The molecule has 2 aliphatic rings. The summed E-state index contributed by atoms with van der Waals surface area (Å²) in [6.07, 6.45) is 4.02. The minimum Gasteiger partial charge on any atom is -0.313 e. The van der Waals surface area contributed by atoms with E-state index in [1.807, 2.05) is 0 Å². The summed E-state index contributed by atoms with van der Waals surface area (Å²) >= 11 is 0. The highest BCUT2D eigenvalue weighted by atomic mass is 15.0. The molecule has 1 aromatic rings. The van der Waals surface area contributed by atoms with Crippen molar-refractivity contribution in [1.82, 2.24) is 5.32 Å². The third-order valence-corrected chi connectivity index (χ3v) is 3.53. The third kappa shape index (κ3) is 1.11. The van der Waals surface area contributed by atoms with Gasteiger partial charge in [0.25, 0.3) is 0 Å². The molecule has 0 bridgehead atoms. The Morgan fingerprint density at radius 3 is 2.77 bits per heavy atom. The zero-order valence-electron chi connectivity index (χ0n) is 7.79. The highest BCUT2D eigenvalue weighted by Crippen LogP contribution is 2.37. The summed E-state index contributed by atoms with van der Waals surface area (Å²) < 4.78 is 0. The average Bonchev–Trinajstić information content (AvgIpc) is 2.47. The second-order valence-electron chi connectivity index (χ2n) is 4.19. The maximum absolute atomic E-state index is 3.53. The smallest absolute Gasteiger partial charge is 0.0148 e. The Labute approximate surface area is 79.2 Å². The summed E-state index contributed by atoms with van der Waals surface area (Å²) in [6.45, 7) is 1.23. The average molecular weight is 173 g/mol. The standard InChI is InChI=1S/C12H15N/c1-2-4-10-9(3-1)5-6-11(10)12-7-8-13-12/h1-4,11-13H,5-8H2. The molecule has 13 heavy (non-hydrogen) atoms. The predicted octanol–water partition coefficient (Wildman–Crippen LogP) is 2.08. The van der Waals surface area contributed by atoms with Crippen molar-refractivity contribution in [3.8, 4) is 0 Å². The van der Waals surface area contributed by atoms with Crippen molar-refractivity contribution < 1.29 is 0 Å². The zero-order chi connectivity index (χ0) is 8.67. The van der Waals surface area contributed by atoms with Crippen LogP contribution in [0.25, 0.3) is 0 Å². The van der Waals surface area contributed by atoms with Crippen LogP contribution < -0.4 is 5.32 Å². The van der Waals surface area contributed by atoms with Gasteiger partial charge in [0.05, 0.1) is 0 Å². The van der Waals surface area contributed by atoms with Crippen molar-refractivity contribution in [3.05, 3.63) is 35.4 Å². The molecule has 1 N–H and O–H groups in total. The maximum Gasteiger partial charge on any atom is 0.0148 e. The molecule has 2 unspecified atom stereocenters. The van der Waals surface area contributed by atoms with Gasteiger partial charge in [-0.05, 0) is 42.9 Å². The van der Waals surface area contributed by atoms with Gasteiger partial charge in [0.1, 0.15) is 0 Å². The van der Waals surface area contributed by atoms with Crippen molar-refractivity contribution in [2.75, 3.05) is 6.54 Å². The topological polar surface area (TPSA) is 12.0 Å². The van der Waals surface area contributed by atoms with Gasteiger partial charge in [0.15, 0.2) is 0 Å². The van der Waals surface area contributed by atoms with Crippen molar-refractivity contribution in [3.63, 3.8) is 0 Å². The van der Waals surface area contributed by atoms with Gasteiger partial charge in [-0.15, -0.1) is 0 Å². The van der Waals surface area contributed by atoms with E-state index in [0.29, 0.717) is 0 Å². The number of hydrogen-bond donors (Lipinski definition) is 1. The fraction of sp³-hybridized carbons (Fsp3) is 0.500. The van der Waals surface area contributed by atoms with Gasteiger partial charge in [-0.25, -0.2) is 0 Å². The van der Waals surface area contributed by atoms with Crippen LogP contribution in [0.1, 0.15) is 29.9 Å². The summed E-state index contributed by atoms with van der Waals surface area (Å²) in [5, 5.41) is 3.53. The summed E-state index contributed by atoms with van der Waals surface area (Å²) in [7, 11) is 0. The zero-order valence-corrected chi connectivity index (χ0v) is 7.79. The monoisotopic (exact) mass is 173 g/mol. The molecule has 3 rings (SSSR count). The molecule has 1 nitrogen and oxygen atoms in total. The SMILES string of the molecule is c1ccc2c(c1)CCC2C1CCN1. The number of nitrogens with one attached hydrogen (secondary N) is 1. The lowest BCUT2D eigenvalue weighted by atomic mass is 9.87. The van der Waals surface area contributed by atoms with E-state index < -0.39 is 0 Å². The highest BCUT2D eigenvalue weighted by Gasteiger charge is 2.32. The van der Waals surface area contributed by atoms with Crippen molar-refractivity contribution in [2.24, 2.45) is 0 Å². The molecule has 0 radical (unpaired) electrons. The molecule has 1 fully saturated rings. The van der Waals surface area contributed by atoms with E-state index >= 15 is 0 Å². The minimum absolute atomic E-state index is 0.781. The Morgan fingerprint density at radius 2 is 2.00 bits per heavy atom. The van der Waals surface area contributed by atoms with Crippen LogP contribution >= 0.6 is 0 Å². The molecule has 1 heterocycles. The summed E-state index contributed by atoms with van der Waals surface area (Å²) in [4.78, 5) is 0. The fourth-order valence-electron chi connectivity index (χ4n) is 2.66. The van der Waals surface area contributed by atoms with Crippen LogP contribution in [0.4, 0.5) is 0 Å². The molecule has 1 saturated heterocycles. The van der Waals surface area contributed by atoms with Gasteiger partial charge in [-0.3, -0.25) is 0 Å². The van der Waals surface area contributed by atoms with E-state index in [1.54, 1.807) is 11.1 Å². The molecular formula is C12H15N. The van der Waals surface area contributed by atoms with Crippen LogP contribution in [0.15, 0.2) is 24.3 Å². The van der Waals surface area contributed by atoms with E-state index in [-0.39, 0.29) is 0 Å². The molecule has 1 aliphatic heterocycles. The van der Waals surface area contributed by atoms with Crippen molar-refractivity contribution >= 4 is 0 Å². The molecule has 68 valence electrons. The van der Waals surface area contributed by atoms with Crippen LogP contribution in [0.5, 0.6) is 0 Å². The van der Waals surface area contributed by atoms with Crippen LogP contribution in [-0.2, 0) is 6.42 Å². The van der Waals surface area contributed by atoms with Crippen molar-refractivity contribution in [1.29, 1.82) is 0 Å². The Morgan fingerprint density at radius 1 is 1.15 bits per heavy atom. The van der Waals surface area contributed by atoms with Crippen LogP contribution in [0.3, 0.4) is 0 Å². The number of fused-ring (bicyclic) bond motifs is 1. The second-order valence-corrected chi connectivity index (χ2v) is 4.19. The molecule has 0 spiro atoms. The molecule has 0 saturated carbocycles. The Kier molecular flexibility index (Phi) is 1.66. The van der Waals surface area contributed by atoms with Crippen LogP contribution in [-0.4, -0.2) is 12.6 Å². The molecule has 0 aromatic heterocycles. The molecule has 1 aromatic carbocycles. The first-order valence-corrected chi connectivity index (χ1v) is 5.26. The summed E-state index contributed by atoms with van der Waals surface area (Å²) in [6, 6.07) is 9.72. The fourth-order valence-corrected chi connectivity index (χ4v) is 2.66.